The van der Waals surface area contributed by atoms with Crippen LogP contribution in [0.25, 0.3) is 0 Å². The molecule has 0 bridgehead atoms. The van der Waals surface area contributed by atoms with Gasteiger partial charge in [-0.3, -0.25) is 4.79 Å². The number of amides is 1. The second-order valence-corrected chi connectivity index (χ2v) is 8.81. The van der Waals surface area contributed by atoms with Gasteiger partial charge in [-0.1, -0.05) is 19.6 Å². The van der Waals surface area contributed by atoms with Crippen LogP contribution in [0.4, 0.5) is 0 Å². The first kappa shape index (κ1) is 7.79. The van der Waals surface area contributed by atoms with E-state index in [9.17, 15) is 4.79 Å². The number of rotatable bonds is 1. The molecule has 1 unspecified atom stereocenters. The molecule has 3 heteroatoms. The third kappa shape index (κ3) is 1.10. The molecule has 1 rings (SSSR count). The lowest BCUT2D eigenvalue weighted by Gasteiger charge is -2.46. The van der Waals surface area contributed by atoms with Gasteiger partial charge in [0.15, 0.2) is 8.24 Å². The highest BCUT2D eigenvalue weighted by Crippen LogP contribution is 2.25. The van der Waals surface area contributed by atoms with Gasteiger partial charge in [0.05, 0.1) is 0 Å². The molecule has 1 saturated heterocycles. The average Bonchev–Trinajstić information content (AvgIpc) is 1.58. The lowest BCUT2D eigenvalue weighted by molar-refractivity contribution is -0.137. The van der Waals surface area contributed by atoms with E-state index in [0.717, 1.165) is 6.42 Å². The van der Waals surface area contributed by atoms with Crippen LogP contribution in [-0.2, 0) is 4.79 Å². The van der Waals surface area contributed by atoms with Crippen LogP contribution in [0.2, 0.25) is 19.6 Å². The minimum atomic E-state index is -1.32. The summed E-state index contributed by atoms with van der Waals surface area (Å²) in [6, 6.07) is 0.513. The summed E-state index contributed by atoms with van der Waals surface area (Å²) in [6.07, 6.45) is 0.768. The zero-order chi connectivity index (χ0) is 7.94. The predicted molar refractivity (Wildman–Crippen MR) is 44.3 cm³/mol. The molecule has 0 N–H and O–H groups in total. The Bertz CT molecular complexity index is 161. The maximum absolute atomic E-state index is 11.0. The lowest BCUT2D eigenvalue weighted by atomic mass is 10.1. The quantitative estimate of drug-likeness (QED) is 0.416. The highest BCUT2D eigenvalue weighted by atomic mass is 28.3. The molecule has 0 aromatic carbocycles. The standard InChI is InChI=1S/C7H15NOSi/c1-6-5-7(9)8(6)10(2,3)4/h6H,5H2,1-4H3. The van der Waals surface area contributed by atoms with E-state index < -0.39 is 8.24 Å². The van der Waals surface area contributed by atoms with Crippen LogP contribution < -0.4 is 0 Å². The normalized spacial score (nSPS) is 26.6. The van der Waals surface area contributed by atoms with Crippen LogP contribution in [0, 0.1) is 0 Å². The fourth-order valence-electron chi connectivity index (χ4n) is 1.61. The van der Waals surface area contributed by atoms with Gasteiger partial charge >= 0.3 is 0 Å². The number of carbonyl (C=O) groups is 1. The van der Waals surface area contributed by atoms with Gasteiger partial charge in [0.2, 0.25) is 5.91 Å². The van der Waals surface area contributed by atoms with Gasteiger partial charge in [0, 0.05) is 12.5 Å². The molecule has 2 nitrogen and oxygen atoms in total. The van der Waals surface area contributed by atoms with E-state index >= 15 is 0 Å². The van der Waals surface area contributed by atoms with Crippen molar-refractivity contribution in [2.45, 2.75) is 39.0 Å². The largest absolute Gasteiger partial charge is 0.367 e. The smallest absolute Gasteiger partial charge is 0.216 e. The second kappa shape index (κ2) is 2.09. The summed E-state index contributed by atoms with van der Waals surface area (Å²) < 4.78 is 2.08. The lowest BCUT2D eigenvalue weighted by Crippen LogP contribution is -2.62. The fraction of sp³-hybridized carbons (Fsp3) is 0.857. The Morgan fingerprint density at radius 1 is 1.50 bits per heavy atom. The van der Waals surface area contributed by atoms with E-state index in [1.54, 1.807) is 0 Å². The first-order chi connectivity index (χ1) is 4.43. The minimum Gasteiger partial charge on any atom is -0.367 e. The molecule has 0 saturated carbocycles. The van der Waals surface area contributed by atoms with Crippen LogP contribution in [0.15, 0.2) is 0 Å². The molecule has 1 atom stereocenters. The summed E-state index contributed by atoms with van der Waals surface area (Å²) in [7, 11) is -1.32. The molecule has 0 aromatic heterocycles. The first-order valence-corrected chi connectivity index (χ1v) is 7.20. The fourth-order valence-corrected chi connectivity index (χ4v) is 3.86. The summed E-state index contributed by atoms with van der Waals surface area (Å²) in [5, 5.41) is 0. The Hall–Kier alpha value is -0.313. The Kier molecular flexibility index (Phi) is 1.62. The SMILES string of the molecule is CC1CC(=O)N1[Si](C)(C)C. The number of hydrogen-bond acceptors (Lipinski definition) is 1. The number of β-lactam (4-membered cyclic amide) rings is 1. The van der Waals surface area contributed by atoms with Gasteiger partial charge in [-0.25, -0.2) is 0 Å². The molecule has 0 aromatic rings. The van der Waals surface area contributed by atoms with E-state index in [2.05, 4.69) is 31.1 Å². The van der Waals surface area contributed by atoms with Gasteiger partial charge in [-0.05, 0) is 6.92 Å². The minimum absolute atomic E-state index is 0.353. The van der Waals surface area contributed by atoms with E-state index in [0.29, 0.717) is 11.9 Å². The van der Waals surface area contributed by atoms with Crippen molar-refractivity contribution in [2.24, 2.45) is 0 Å². The molecule has 1 fully saturated rings. The Morgan fingerprint density at radius 3 is 2.10 bits per heavy atom. The third-order valence-electron chi connectivity index (χ3n) is 1.90. The molecule has 1 amide bonds. The van der Waals surface area contributed by atoms with Gasteiger partial charge in [0.25, 0.3) is 0 Å². The monoisotopic (exact) mass is 157 g/mol. The van der Waals surface area contributed by atoms with E-state index in [4.69, 9.17) is 0 Å². The van der Waals surface area contributed by atoms with Crippen molar-refractivity contribution in [1.29, 1.82) is 0 Å². The summed E-state index contributed by atoms with van der Waals surface area (Å²) in [5.74, 6) is 0.353. The van der Waals surface area contributed by atoms with Crippen molar-refractivity contribution in [3.05, 3.63) is 0 Å². The molecular weight excluding hydrogens is 142 g/mol. The third-order valence-corrected chi connectivity index (χ3v) is 4.04. The predicted octanol–water partition coefficient (Wildman–Crippen LogP) is 1.44. The average molecular weight is 157 g/mol. The van der Waals surface area contributed by atoms with E-state index in [1.165, 1.54) is 0 Å². The summed E-state index contributed by atoms with van der Waals surface area (Å²) in [6.45, 7) is 8.75. The highest BCUT2D eigenvalue weighted by molar-refractivity contribution is 6.76. The van der Waals surface area contributed by atoms with Crippen molar-refractivity contribution in [1.82, 2.24) is 4.57 Å². The molecular formula is C7H15NOSi. The maximum atomic E-state index is 11.0. The number of carbonyl (C=O) groups excluding carboxylic acids is 1. The molecule has 0 aliphatic carbocycles. The Morgan fingerprint density at radius 2 is 2.00 bits per heavy atom. The number of hydrogen-bond donors (Lipinski definition) is 0. The van der Waals surface area contributed by atoms with Crippen molar-refractivity contribution >= 4 is 14.1 Å². The van der Waals surface area contributed by atoms with E-state index in [1.807, 2.05) is 0 Å². The van der Waals surface area contributed by atoms with Gasteiger partial charge < -0.3 is 4.57 Å². The van der Waals surface area contributed by atoms with Crippen molar-refractivity contribution in [3.8, 4) is 0 Å². The molecule has 58 valence electrons. The Labute approximate surface area is 63.3 Å². The van der Waals surface area contributed by atoms with E-state index in [-0.39, 0.29) is 0 Å². The van der Waals surface area contributed by atoms with Crippen molar-refractivity contribution in [2.75, 3.05) is 0 Å². The molecule has 10 heavy (non-hydrogen) atoms. The van der Waals surface area contributed by atoms with Crippen molar-refractivity contribution in [3.63, 3.8) is 0 Å². The second-order valence-electron chi connectivity index (χ2n) is 3.99. The van der Waals surface area contributed by atoms with Crippen molar-refractivity contribution < 1.29 is 4.79 Å². The zero-order valence-corrected chi connectivity index (χ0v) is 8.14. The highest BCUT2D eigenvalue weighted by Gasteiger charge is 2.40. The molecule has 1 aliphatic rings. The van der Waals surface area contributed by atoms with Gasteiger partial charge in [-0.2, -0.15) is 0 Å². The molecule has 0 radical (unpaired) electrons. The van der Waals surface area contributed by atoms with Gasteiger partial charge in [-0.15, -0.1) is 0 Å². The Balaban J connectivity index is 2.64. The van der Waals surface area contributed by atoms with Crippen LogP contribution in [-0.4, -0.2) is 24.7 Å². The molecule has 1 heterocycles. The zero-order valence-electron chi connectivity index (χ0n) is 7.14. The van der Waals surface area contributed by atoms with Crippen LogP contribution >= 0.6 is 0 Å². The van der Waals surface area contributed by atoms with Crippen LogP contribution in [0.3, 0.4) is 0 Å². The first-order valence-electron chi connectivity index (χ1n) is 3.75. The summed E-state index contributed by atoms with van der Waals surface area (Å²) >= 11 is 0. The van der Waals surface area contributed by atoms with Gasteiger partial charge in [0.1, 0.15) is 0 Å². The summed E-state index contributed by atoms with van der Waals surface area (Å²) in [4.78, 5) is 11.0. The molecule has 0 spiro atoms. The number of nitrogens with zero attached hydrogens (tertiary/aromatic N) is 1. The maximum Gasteiger partial charge on any atom is 0.216 e. The topological polar surface area (TPSA) is 20.3 Å². The van der Waals surface area contributed by atoms with Crippen LogP contribution in [0.5, 0.6) is 0 Å². The molecule has 1 aliphatic heterocycles. The van der Waals surface area contributed by atoms with Crippen LogP contribution in [0.1, 0.15) is 13.3 Å². The summed E-state index contributed by atoms with van der Waals surface area (Å²) in [5.41, 5.74) is 0.